The van der Waals surface area contributed by atoms with Gasteiger partial charge < -0.3 is 14.8 Å². The van der Waals surface area contributed by atoms with Gasteiger partial charge in [-0.1, -0.05) is 36.4 Å². The first-order chi connectivity index (χ1) is 17.1. The molecule has 5 nitrogen and oxygen atoms in total. The van der Waals surface area contributed by atoms with Gasteiger partial charge in [0.05, 0.1) is 25.7 Å². The van der Waals surface area contributed by atoms with Gasteiger partial charge in [0.2, 0.25) is 5.91 Å². The van der Waals surface area contributed by atoms with Gasteiger partial charge in [-0.15, -0.1) is 0 Å². The van der Waals surface area contributed by atoms with Gasteiger partial charge in [0, 0.05) is 26.2 Å². The molecule has 186 valence electrons. The summed E-state index contributed by atoms with van der Waals surface area (Å²) in [4.78, 5) is 16.3. The lowest BCUT2D eigenvalue weighted by atomic mass is 9.42. The number of ether oxygens (including phenoxy) is 2. The fourth-order valence-electron chi connectivity index (χ4n) is 8.06. The molecule has 1 heterocycles. The highest BCUT2D eigenvalue weighted by atomic mass is 16.5. The van der Waals surface area contributed by atoms with E-state index in [9.17, 15) is 4.79 Å². The van der Waals surface area contributed by atoms with E-state index in [0.29, 0.717) is 18.4 Å². The smallest absolute Gasteiger partial charge is 0.226 e. The number of nitrogens with one attached hydrogen (secondary N) is 1. The first-order valence-corrected chi connectivity index (χ1v) is 13.4. The molecule has 1 N–H and O–H groups in total. The van der Waals surface area contributed by atoms with Crippen LogP contribution in [0, 0.1) is 17.3 Å². The fourth-order valence-corrected chi connectivity index (χ4v) is 8.06. The highest BCUT2D eigenvalue weighted by Gasteiger charge is 2.60. The SMILES string of the molecule is COc1ccc(C23CC4CC(CC(C(=O)NCc5ccccc5CN5CCOCC5)(C4)C2)C3)cc1. The van der Waals surface area contributed by atoms with Crippen LogP contribution < -0.4 is 10.1 Å². The fraction of sp³-hybridized carbons (Fsp3) is 0.567. The van der Waals surface area contributed by atoms with E-state index in [-0.39, 0.29) is 16.7 Å². The number of nitrogens with zero attached hydrogens (tertiary/aromatic N) is 1. The largest absolute Gasteiger partial charge is 0.497 e. The number of carbonyl (C=O) groups excluding carboxylic acids is 1. The van der Waals surface area contributed by atoms with E-state index in [2.05, 4.69) is 58.7 Å². The van der Waals surface area contributed by atoms with E-state index < -0.39 is 0 Å². The van der Waals surface area contributed by atoms with Gasteiger partial charge in [0.1, 0.15) is 5.75 Å². The number of hydrogen-bond acceptors (Lipinski definition) is 4. The molecule has 4 bridgehead atoms. The van der Waals surface area contributed by atoms with E-state index in [1.54, 1.807) is 7.11 Å². The second kappa shape index (κ2) is 9.25. The van der Waals surface area contributed by atoms with E-state index >= 15 is 0 Å². The Labute approximate surface area is 209 Å². The molecule has 2 unspecified atom stereocenters. The van der Waals surface area contributed by atoms with Crippen LogP contribution in [0.4, 0.5) is 0 Å². The van der Waals surface area contributed by atoms with Gasteiger partial charge in [0.15, 0.2) is 0 Å². The molecule has 1 aliphatic heterocycles. The van der Waals surface area contributed by atoms with Crippen LogP contribution in [0.1, 0.15) is 55.2 Å². The van der Waals surface area contributed by atoms with Gasteiger partial charge in [0.25, 0.3) is 0 Å². The number of benzene rings is 2. The highest BCUT2D eigenvalue weighted by Crippen LogP contribution is 2.65. The van der Waals surface area contributed by atoms with E-state index in [1.165, 1.54) is 36.0 Å². The highest BCUT2D eigenvalue weighted by molar-refractivity contribution is 5.83. The van der Waals surface area contributed by atoms with Gasteiger partial charge >= 0.3 is 0 Å². The quantitative estimate of drug-likeness (QED) is 0.633. The maximum absolute atomic E-state index is 13.9. The van der Waals surface area contributed by atoms with Crippen LogP contribution in [0.25, 0.3) is 0 Å². The minimum absolute atomic E-state index is 0.141. The molecule has 7 rings (SSSR count). The first-order valence-electron chi connectivity index (χ1n) is 13.4. The standard InChI is InChI=1S/C30H38N2O3/c1-34-27-8-6-26(7-9-27)29-15-22-14-23(16-29)18-30(17-22,21-29)28(33)31-19-24-4-2-3-5-25(24)20-32-10-12-35-13-11-32/h2-9,22-23H,10-21H2,1H3,(H,31,33). The average Bonchev–Trinajstić information content (AvgIpc) is 2.88. The minimum atomic E-state index is -0.219. The van der Waals surface area contributed by atoms with Crippen molar-refractivity contribution < 1.29 is 14.3 Å². The van der Waals surface area contributed by atoms with Crippen LogP contribution in [0.3, 0.4) is 0 Å². The van der Waals surface area contributed by atoms with Crippen LogP contribution in [0.15, 0.2) is 48.5 Å². The molecule has 35 heavy (non-hydrogen) atoms. The third kappa shape index (κ3) is 4.38. The minimum Gasteiger partial charge on any atom is -0.497 e. The van der Waals surface area contributed by atoms with Crippen LogP contribution in [-0.2, 0) is 28.0 Å². The number of rotatable bonds is 7. The summed E-state index contributed by atoms with van der Waals surface area (Å²) in [6, 6.07) is 17.3. The Morgan fingerprint density at radius 3 is 2.37 bits per heavy atom. The van der Waals surface area contributed by atoms with Gasteiger partial charge in [-0.3, -0.25) is 9.69 Å². The number of morpholine rings is 1. The van der Waals surface area contributed by atoms with Crippen LogP contribution in [0.5, 0.6) is 5.75 Å². The summed E-state index contributed by atoms with van der Waals surface area (Å²) < 4.78 is 10.9. The summed E-state index contributed by atoms with van der Waals surface area (Å²) in [5.74, 6) is 2.52. The molecule has 0 spiro atoms. The normalized spacial score (nSPS) is 31.9. The van der Waals surface area contributed by atoms with Crippen molar-refractivity contribution in [3.63, 3.8) is 0 Å². The van der Waals surface area contributed by atoms with Gasteiger partial charge in [-0.05, 0) is 84.6 Å². The maximum Gasteiger partial charge on any atom is 0.226 e. The van der Waals surface area contributed by atoms with Crippen molar-refractivity contribution in [1.29, 1.82) is 0 Å². The summed E-state index contributed by atoms with van der Waals surface area (Å²) in [6.07, 6.45) is 6.86. The molecule has 0 radical (unpaired) electrons. The van der Waals surface area contributed by atoms with Crippen molar-refractivity contribution in [2.75, 3.05) is 33.4 Å². The summed E-state index contributed by atoms with van der Waals surface area (Å²) in [7, 11) is 1.72. The maximum atomic E-state index is 13.9. The Kier molecular flexibility index (Phi) is 6.10. The van der Waals surface area contributed by atoms with Crippen molar-refractivity contribution in [2.45, 2.75) is 57.0 Å². The number of methoxy groups -OCH3 is 1. The van der Waals surface area contributed by atoms with Crippen molar-refractivity contribution in [3.05, 3.63) is 65.2 Å². The summed E-state index contributed by atoms with van der Waals surface area (Å²) in [5, 5.41) is 3.42. The Morgan fingerprint density at radius 2 is 1.69 bits per heavy atom. The van der Waals surface area contributed by atoms with Crippen molar-refractivity contribution in [3.8, 4) is 5.75 Å². The summed E-state index contributed by atoms with van der Waals surface area (Å²) >= 11 is 0. The lowest BCUT2D eigenvalue weighted by Crippen LogP contribution is -2.59. The Morgan fingerprint density at radius 1 is 1.00 bits per heavy atom. The predicted molar refractivity (Wildman–Crippen MR) is 136 cm³/mol. The van der Waals surface area contributed by atoms with Crippen LogP contribution in [-0.4, -0.2) is 44.2 Å². The topological polar surface area (TPSA) is 50.8 Å². The predicted octanol–water partition coefficient (Wildman–Crippen LogP) is 4.68. The molecule has 1 amide bonds. The Balaban J connectivity index is 1.18. The van der Waals surface area contributed by atoms with Crippen LogP contribution in [0.2, 0.25) is 0 Å². The monoisotopic (exact) mass is 474 g/mol. The van der Waals surface area contributed by atoms with Crippen LogP contribution >= 0.6 is 0 Å². The third-order valence-electron chi connectivity index (χ3n) is 9.30. The number of amides is 1. The van der Waals surface area contributed by atoms with E-state index in [1.807, 2.05) is 0 Å². The Bertz CT molecular complexity index is 1050. The average molecular weight is 475 g/mol. The molecule has 5 fully saturated rings. The first kappa shape index (κ1) is 23.1. The molecule has 1 saturated heterocycles. The molecule has 0 aromatic heterocycles. The molecule has 5 heteroatoms. The molecule has 2 aromatic rings. The molecule has 2 aromatic carbocycles. The zero-order valence-electron chi connectivity index (χ0n) is 20.9. The second-order valence-corrected chi connectivity index (χ2v) is 11.6. The second-order valence-electron chi connectivity index (χ2n) is 11.6. The van der Waals surface area contributed by atoms with Gasteiger partial charge in [-0.25, -0.2) is 0 Å². The Hall–Kier alpha value is -2.37. The lowest BCUT2D eigenvalue weighted by Gasteiger charge is -2.61. The van der Waals surface area contributed by atoms with Crippen molar-refractivity contribution in [2.24, 2.45) is 17.3 Å². The van der Waals surface area contributed by atoms with E-state index in [4.69, 9.17) is 9.47 Å². The molecule has 5 aliphatic rings. The van der Waals surface area contributed by atoms with Crippen molar-refractivity contribution >= 4 is 5.91 Å². The zero-order chi connectivity index (χ0) is 23.9. The zero-order valence-corrected chi connectivity index (χ0v) is 20.9. The lowest BCUT2D eigenvalue weighted by molar-refractivity contribution is -0.149. The van der Waals surface area contributed by atoms with Gasteiger partial charge in [-0.2, -0.15) is 0 Å². The third-order valence-corrected chi connectivity index (χ3v) is 9.30. The number of hydrogen-bond donors (Lipinski definition) is 1. The summed E-state index contributed by atoms with van der Waals surface area (Å²) in [6.45, 7) is 5.09. The van der Waals surface area contributed by atoms with E-state index in [0.717, 1.165) is 57.9 Å². The molecular formula is C30H38N2O3. The molecule has 2 atom stereocenters. The summed E-state index contributed by atoms with van der Waals surface area (Å²) in [5.41, 5.74) is 3.88. The molecule has 4 saturated carbocycles. The molecular weight excluding hydrogens is 436 g/mol. The number of carbonyl (C=O) groups is 1. The molecule has 4 aliphatic carbocycles. The van der Waals surface area contributed by atoms with Crippen molar-refractivity contribution in [1.82, 2.24) is 10.2 Å².